The minimum absolute atomic E-state index is 0.0166. The van der Waals surface area contributed by atoms with E-state index in [9.17, 15) is 9.59 Å². The first kappa shape index (κ1) is 17.8. The number of nitrogens with one attached hydrogen (secondary N) is 1. The Morgan fingerprint density at radius 1 is 1.24 bits per heavy atom. The Morgan fingerprint density at radius 3 is 2.57 bits per heavy atom. The summed E-state index contributed by atoms with van der Waals surface area (Å²) in [5.41, 5.74) is 0.483. The molecular formula is C15H20Cl2N2O2. The van der Waals surface area contributed by atoms with Gasteiger partial charge in [-0.2, -0.15) is 0 Å². The third-order valence-corrected chi connectivity index (χ3v) is 3.60. The molecule has 6 heteroatoms. The molecule has 2 amide bonds. The summed E-state index contributed by atoms with van der Waals surface area (Å²) in [6, 6.07) is 4.88. The van der Waals surface area contributed by atoms with Crippen LogP contribution in [0.3, 0.4) is 0 Å². The summed E-state index contributed by atoms with van der Waals surface area (Å²) in [6.45, 7) is 4.66. The van der Waals surface area contributed by atoms with E-state index in [0.717, 1.165) is 12.8 Å². The number of unbranched alkanes of at least 4 members (excludes halogenated alkanes) is 1. The Hall–Kier alpha value is -1.26. The van der Waals surface area contributed by atoms with Gasteiger partial charge in [0.15, 0.2) is 0 Å². The second-order valence-corrected chi connectivity index (χ2v) is 5.63. The predicted octanol–water partition coefficient (Wildman–Crippen LogP) is 3.97. The van der Waals surface area contributed by atoms with Crippen molar-refractivity contribution in [3.8, 4) is 0 Å². The summed E-state index contributed by atoms with van der Waals surface area (Å²) in [5.74, 6) is -0.209. The van der Waals surface area contributed by atoms with Gasteiger partial charge in [-0.1, -0.05) is 36.5 Å². The number of hydrogen-bond acceptors (Lipinski definition) is 2. The van der Waals surface area contributed by atoms with E-state index in [2.05, 4.69) is 12.2 Å². The first-order valence-electron chi connectivity index (χ1n) is 6.94. The SMILES string of the molecule is CCCCN(CCC(=O)Nc1cc(Cl)ccc1Cl)C(C)=O. The van der Waals surface area contributed by atoms with E-state index in [1.165, 1.54) is 6.92 Å². The maximum Gasteiger partial charge on any atom is 0.226 e. The first-order valence-corrected chi connectivity index (χ1v) is 7.70. The number of anilines is 1. The van der Waals surface area contributed by atoms with Gasteiger partial charge in [0.05, 0.1) is 10.7 Å². The largest absolute Gasteiger partial charge is 0.342 e. The van der Waals surface area contributed by atoms with Crippen LogP contribution < -0.4 is 5.32 Å². The molecule has 0 heterocycles. The molecule has 116 valence electrons. The molecule has 0 spiro atoms. The summed E-state index contributed by atoms with van der Waals surface area (Å²) in [6.07, 6.45) is 2.17. The zero-order chi connectivity index (χ0) is 15.8. The average molecular weight is 331 g/mol. The van der Waals surface area contributed by atoms with Gasteiger partial charge in [-0.25, -0.2) is 0 Å². The third kappa shape index (κ3) is 6.36. The van der Waals surface area contributed by atoms with Crippen LogP contribution in [0.15, 0.2) is 18.2 Å². The van der Waals surface area contributed by atoms with Crippen molar-refractivity contribution in [2.45, 2.75) is 33.1 Å². The van der Waals surface area contributed by atoms with E-state index in [4.69, 9.17) is 23.2 Å². The number of carbonyl (C=O) groups excluding carboxylic acids is 2. The standard InChI is InChI=1S/C15H20Cl2N2O2/c1-3-4-8-19(11(2)20)9-7-15(21)18-14-10-12(16)5-6-13(14)17/h5-6,10H,3-4,7-9H2,1-2H3,(H,18,21). The van der Waals surface area contributed by atoms with E-state index >= 15 is 0 Å². The fraction of sp³-hybridized carbons (Fsp3) is 0.467. The van der Waals surface area contributed by atoms with E-state index in [0.29, 0.717) is 28.8 Å². The number of halogens is 2. The molecule has 21 heavy (non-hydrogen) atoms. The Bertz CT molecular complexity index is 506. The van der Waals surface area contributed by atoms with E-state index in [1.54, 1.807) is 23.1 Å². The highest BCUT2D eigenvalue weighted by molar-refractivity contribution is 6.35. The second kappa shape index (κ2) is 8.90. The van der Waals surface area contributed by atoms with Gasteiger partial charge in [-0.15, -0.1) is 0 Å². The maximum absolute atomic E-state index is 11.9. The van der Waals surface area contributed by atoms with Crippen molar-refractivity contribution in [2.75, 3.05) is 18.4 Å². The summed E-state index contributed by atoms with van der Waals surface area (Å²) < 4.78 is 0. The van der Waals surface area contributed by atoms with E-state index in [1.807, 2.05) is 0 Å². The third-order valence-electron chi connectivity index (χ3n) is 3.04. The summed E-state index contributed by atoms with van der Waals surface area (Å²) in [7, 11) is 0. The van der Waals surface area contributed by atoms with Crippen LogP contribution in [0.25, 0.3) is 0 Å². The van der Waals surface area contributed by atoms with Crippen LogP contribution in [-0.2, 0) is 9.59 Å². The zero-order valence-electron chi connectivity index (χ0n) is 12.3. The van der Waals surface area contributed by atoms with Crippen LogP contribution in [0.4, 0.5) is 5.69 Å². The minimum atomic E-state index is -0.193. The summed E-state index contributed by atoms with van der Waals surface area (Å²) in [5, 5.41) is 3.64. The molecule has 4 nitrogen and oxygen atoms in total. The van der Waals surface area contributed by atoms with Crippen molar-refractivity contribution in [3.63, 3.8) is 0 Å². The Kier molecular flexibility index (Phi) is 7.54. The fourth-order valence-electron chi connectivity index (χ4n) is 1.82. The predicted molar refractivity (Wildman–Crippen MR) is 86.9 cm³/mol. The van der Waals surface area contributed by atoms with Crippen molar-refractivity contribution < 1.29 is 9.59 Å². The number of amides is 2. The molecular weight excluding hydrogens is 311 g/mol. The van der Waals surface area contributed by atoms with Crippen LogP contribution in [0, 0.1) is 0 Å². The van der Waals surface area contributed by atoms with Gasteiger partial charge in [0.25, 0.3) is 0 Å². The van der Waals surface area contributed by atoms with E-state index in [-0.39, 0.29) is 18.2 Å². The number of hydrogen-bond donors (Lipinski definition) is 1. The number of carbonyl (C=O) groups is 2. The Balaban J connectivity index is 2.52. The molecule has 0 radical (unpaired) electrons. The molecule has 0 unspecified atom stereocenters. The molecule has 0 aliphatic carbocycles. The van der Waals surface area contributed by atoms with Gasteiger partial charge in [0.1, 0.15) is 0 Å². The monoisotopic (exact) mass is 330 g/mol. The number of rotatable bonds is 7. The molecule has 1 rings (SSSR count). The lowest BCUT2D eigenvalue weighted by atomic mass is 10.2. The minimum Gasteiger partial charge on any atom is -0.342 e. The van der Waals surface area contributed by atoms with Crippen molar-refractivity contribution >= 4 is 40.7 Å². The van der Waals surface area contributed by atoms with Gasteiger partial charge in [-0.05, 0) is 24.6 Å². The van der Waals surface area contributed by atoms with Crippen LogP contribution >= 0.6 is 23.2 Å². The molecule has 0 fully saturated rings. The lowest BCUT2D eigenvalue weighted by Gasteiger charge is -2.20. The Labute approximate surface area is 135 Å². The lowest BCUT2D eigenvalue weighted by Crippen LogP contribution is -2.32. The van der Waals surface area contributed by atoms with Crippen molar-refractivity contribution in [2.24, 2.45) is 0 Å². The molecule has 0 saturated carbocycles. The van der Waals surface area contributed by atoms with Gasteiger partial charge >= 0.3 is 0 Å². The highest BCUT2D eigenvalue weighted by Crippen LogP contribution is 2.25. The highest BCUT2D eigenvalue weighted by atomic mass is 35.5. The molecule has 0 saturated heterocycles. The summed E-state index contributed by atoms with van der Waals surface area (Å²) >= 11 is 11.8. The topological polar surface area (TPSA) is 49.4 Å². The van der Waals surface area contributed by atoms with E-state index < -0.39 is 0 Å². The summed E-state index contributed by atoms with van der Waals surface area (Å²) in [4.78, 5) is 25.1. The van der Waals surface area contributed by atoms with Gasteiger partial charge in [0.2, 0.25) is 11.8 Å². The molecule has 0 aromatic heterocycles. The van der Waals surface area contributed by atoms with Gasteiger partial charge < -0.3 is 10.2 Å². The van der Waals surface area contributed by atoms with Crippen LogP contribution in [0.1, 0.15) is 33.1 Å². The van der Waals surface area contributed by atoms with Gasteiger partial charge in [-0.3, -0.25) is 9.59 Å². The van der Waals surface area contributed by atoms with Gasteiger partial charge in [0, 0.05) is 31.5 Å². The molecule has 1 aromatic rings. The smallest absolute Gasteiger partial charge is 0.226 e. The Morgan fingerprint density at radius 2 is 1.95 bits per heavy atom. The quantitative estimate of drug-likeness (QED) is 0.822. The van der Waals surface area contributed by atoms with Crippen LogP contribution in [0.2, 0.25) is 10.0 Å². The van der Waals surface area contributed by atoms with Crippen LogP contribution in [0.5, 0.6) is 0 Å². The maximum atomic E-state index is 11.9. The molecule has 1 N–H and O–H groups in total. The lowest BCUT2D eigenvalue weighted by molar-refractivity contribution is -0.129. The second-order valence-electron chi connectivity index (χ2n) is 4.78. The molecule has 0 aliphatic rings. The first-order chi connectivity index (χ1) is 9.93. The normalized spacial score (nSPS) is 10.3. The number of benzene rings is 1. The fourth-order valence-corrected chi connectivity index (χ4v) is 2.16. The molecule has 1 aromatic carbocycles. The average Bonchev–Trinajstić information content (AvgIpc) is 2.42. The van der Waals surface area contributed by atoms with Crippen LogP contribution in [-0.4, -0.2) is 29.8 Å². The number of nitrogens with zero attached hydrogens (tertiary/aromatic N) is 1. The van der Waals surface area contributed by atoms with Crippen molar-refractivity contribution in [1.82, 2.24) is 4.90 Å². The zero-order valence-corrected chi connectivity index (χ0v) is 13.8. The van der Waals surface area contributed by atoms with Crippen molar-refractivity contribution in [1.29, 1.82) is 0 Å². The highest BCUT2D eigenvalue weighted by Gasteiger charge is 2.12. The molecule has 0 aliphatic heterocycles. The molecule has 0 bridgehead atoms. The molecule has 0 atom stereocenters. The van der Waals surface area contributed by atoms with Crippen molar-refractivity contribution in [3.05, 3.63) is 28.2 Å².